The average molecular weight is 258 g/mol. The van der Waals surface area contributed by atoms with E-state index in [1.807, 2.05) is 0 Å². The minimum atomic E-state index is -4.41. The second-order valence-corrected chi connectivity index (χ2v) is 4.57. The van der Waals surface area contributed by atoms with Crippen LogP contribution in [0.1, 0.15) is 36.8 Å². The SMILES string of the molecule is O=C1CCCC[C@]1(O)c1ccc(C(F)(F)F)cc1. The standard InChI is InChI=1S/C13H13F3O2/c14-13(15,16)10-6-4-9(5-7-10)12(18)8-2-1-3-11(12)17/h4-7,18H,1-3,8H2/t12-/m0/s1. The van der Waals surface area contributed by atoms with E-state index in [0.29, 0.717) is 6.42 Å². The first-order valence-electron chi connectivity index (χ1n) is 5.77. The van der Waals surface area contributed by atoms with Crippen molar-refractivity contribution in [2.24, 2.45) is 0 Å². The minimum Gasteiger partial charge on any atom is -0.377 e. The molecular formula is C13H13F3O2. The Morgan fingerprint density at radius 3 is 2.22 bits per heavy atom. The number of Topliss-reactive ketones (excluding diaryl/α,β-unsaturated/α-hetero) is 1. The average Bonchev–Trinajstić information content (AvgIpc) is 2.32. The van der Waals surface area contributed by atoms with Crippen LogP contribution >= 0.6 is 0 Å². The summed E-state index contributed by atoms with van der Waals surface area (Å²) in [6, 6.07) is 4.17. The van der Waals surface area contributed by atoms with Crippen LogP contribution in [0.5, 0.6) is 0 Å². The number of halogens is 3. The molecule has 0 heterocycles. The van der Waals surface area contributed by atoms with E-state index in [-0.39, 0.29) is 24.2 Å². The summed E-state index contributed by atoms with van der Waals surface area (Å²) in [6.45, 7) is 0. The third-order valence-electron chi connectivity index (χ3n) is 3.34. The normalized spacial score (nSPS) is 25.2. The van der Waals surface area contributed by atoms with Gasteiger partial charge >= 0.3 is 6.18 Å². The molecular weight excluding hydrogens is 245 g/mol. The Kier molecular flexibility index (Phi) is 3.19. The predicted molar refractivity (Wildman–Crippen MR) is 58.8 cm³/mol. The lowest BCUT2D eigenvalue weighted by Gasteiger charge is -2.31. The third-order valence-corrected chi connectivity index (χ3v) is 3.34. The van der Waals surface area contributed by atoms with Gasteiger partial charge in [-0.3, -0.25) is 4.79 Å². The van der Waals surface area contributed by atoms with E-state index < -0.39 is 17.3 Å². The quantitative estimate of drug-likeness (QED) is 0.840. The molecule has 18 heavy (non-hydrogen) atoms. The van der Waals surface area contributed by atoms with Crippen molar-refractivity contribution in [3.63, 3.8) is 0 Å². The summed E-state index contributed by atoms with van der Waals surface area (Å²) in [5.74, 6) is -0.312. The molecule has 1 atom stereocenters. The highest BCUT2D eigenvalue weighted by Gasteiger charge is 2.39. The Morgan fingerprint density at radius 2 is 1.72 bits per heavy atom. The molecule has 1 aromatic rings. The van der Waals surface area contributed by atoms with Crippen LogP contribution in [0.2, 0.25) is 0 Å². The van der Waals surface area contributed by atoms with Crippen LogP contribution in [0.3, 0.4) is 0 Å². The number of alkyl halides is 3. The maximum absolute atomic E-state index is 12.4. The lowest BCUT2D eigenvalue weighted by atomic mass is 9.78. The third kappa shape index (κ3) is 2.27. The fourth-order valence-electron chi connectivity index (χ4n) is 2.25. The molecule has 2 rings (SSSR count). The Morgan fingerprint density at radius 1 is 1.11 bits per heavy atom. The molecule has 1 aliphatic rings. The lowest BCUT2D eigenvalue weighted by molar-refractivity contribution is -0.142. The minimum absolute atomic E-state index is 0.250. The molecule has 0 radical (unpaired) electrons. The molecule has 0 spiro atoms. The molecule has 1 saturated carbocycles. The molecule has 1 fully saturated rings. The van der Waals surface area contributed by atoms with Crippen molar-refractivity contribution in [3.8, 4) is 0 Å². The fraction of sp³-hybridized carbons (Fsp3) is 0.462. The van der Waals surface area contributed by atoms with Gasteiger partial charge in [0.15, 0.2) is 5.78 Å². The summed E-state index contributed by atoms with van der Waals surface area (Å²) in [6.07, 6.45) is -2.43. The van der Waals surface area contributed by atoms with Crippen LogP contribution in [0.15, 0.2) is 24.3 Å². The molecule has 0 aromatic heterocycles. The number of carbonyl (C=O) groups excluding carboxylic acids is 1. The molecule has 1 aromatic carbocycles. The zero-order chi connectivity index (χ0) is 13.4. The van der Waals surface area contributed by atoms with Gasteiger partial charge in [0.25, 0.3) is 0 Å². The number of hydrogen-bond acceptors (Lipinski definition) is 2. The zero-order valence-corrected chi connectivity index (χ0v) is 9.63. The van der Waals surface area contributed by atoms with E-state index in [2.05, 4.69) is 0 Å². The Bertz CT molecular complexity index is 450. The van der Waals surface area contributed by atoms with E-state index >= 15 is 0 Å². The first kappa shape index (κ1) is 13.1. The smallest absolute Gasteiger partial charge is 0.377 e. The number of carbonyl (C=O) groups is 1. The van der Waals surface area contributed by atoms with Crippen molar-refractivity contribution in [3.05, 3.63) is 35.4 Å². The number of aliphatic hydroxyl groups is 1. The molecule has 1 N–H and O–H groups in total. The summed E-state index contributed by atoms with van der Waals surface area (Å²) in [5, 5.41) is 10.3. The van der Waals surface area contributed by atoms with Gasteiger partial charge in [-0.1, -0.05) is 12.1 Å². The maximum Gasteiger partial charge on any atom is 0.416 e. The topological polar surface area (TPSA) is 37.3 Å². The molecule has 0 saturated heterocycles. The van der Waals surface area contributed by atoms with E-state index in [1.54, 1.807) is 0 Å². The fourth-order valence-corrected chi connectivity index (χ4v) is 2.25. The van der Waals surface area contributed by atoms with Gasteiger partial charge in [0.2, 0.25) is 0 Å². The predicted octanol–water partition coefficient (Wildman–Crippen LogP) is 3.04. The Balaban J connectivity index is 2.31. The van der Waals surface area contributed by atoms with Crippen LogP contribution < -0.4 is 0 Å². The molecule has 0 amide bonds. The van der Waals surface area contributed by atoms with E-state index in [4.69, 9.17) is 0 Å². The molecule has 98 valence electrons. The van der Waals surface area contributed by atoms with Crippen molar-refractivity contribution < 1.29 is 23.1 Å². The maximum atomic E-state index is 12.4. The van der Waals surface area contributed by atoms with Gasteiger partial charge in [-0.05, 0) is 37.0 Å². The summed E-state index contributed by atoms with van der Waals surface area (Å²) in [7, 11) is 0. The van der Waals surface area contributed by atoms with E-state index in [1.165, 1.54) is 12.1 Å². The highest BCUT2D eigenvalue weighted by Crippen LogP contribution is 2.36. The Hall–Kier alpha value is -1.36. The van der Waals surface area contributed by atoms with Crippen molar-refractivity contribution in [2.75, 3.05) is 0 Å². The summed E-state index contributed by atoms with van der Waals surface area (Å²) in [4.78, 5) is 11.7. The number of ketones is 1. The Labute approximate surface area is 102 Å². The largest absolute Gasteiger partial charge is 0.416 e. The number of hydrogen-bond donors (Lipinski definition) is 1. The number of benzene rings is 1. The van der Waals surface area contributed by atoms with Crippen LogP contribution in [-0.2, 0) is 16.6 Å². The van der Waals surface area contributed by atoms with Gasteiger partial charge in [-0.15, -0.1) is 0 Å². The monoisotopic (exact) mass is 258 g/mol. The van der Waals surface area contributed by atoms with Crippen LogP contribution in [-0.4, -0.2) is 10.9 Å². The van der Waals surface area contributed by atoms with E-state index in [9.17, 15) is 23.1 Å². The molecule has 0 bridgehead atoms. The zero-order valence-electron chi connectivity index (χ0n) is 9.63. The van der Waals surface area contributed by atoms with Crippen molar-refractivity contribution in [2.45, 2.75) is 37.5 Å². The van der Waals surface area contributed by atoms with E-state index in [0.717, 1.165) is 18.6 Å². The molecule has 0 unspecified atom stereocenters. The van der Waals surface area contributed by atoms with Crippen molar-refractivity contribution in [1.29, 1.82) is 0 Å². The molecule has 2 nitrogen and oxygen atoms in total. The number of rotatable bonds is 1. The summed E-state index contributed by atoms with van der Waals surface area (Å²) in [5.41, 5.74) is -2.14. The summed E-state index contributed by atoms with van der Waals surface area (Å²) >= 11 is 0. The van der Waals surface area contributed by atoms with Crippen LogP contribution in [0, 0.1) is 0 Å². The van der Waals surface area contributed by atoms with Gasteiger partial charge in [-0.25, -0.2) is 0 Å². The van der Waals surface area contributed by atoms with Crippen molar-refractivity contribution in [1.82, 2.24) is 0 Å². The lowest BCUT2D eigenvalue weighted by Crippen LogP contribution is -2.38. The highest BCUT2D eigenvalue weighted by molar-refractivity contribution is 5.88. The van der Waals surface area contributed by atoms with Crippen molar-refractivity contribution >= 4 is 5.78 Å². The van der Waals surface area contributed by atoms with Crippen LogP contribution in [0.4, 0.5) is 13.2 Å². The first-order chi connectivity index (χ1) is 8.34. The van der Waals surface area contributed by atoms with Gasteiger partial charge in [0.05, 0.1) is 5.56 Å². The second-order valence-electron chi connectivity index (χ2n) is 4.57. The molecule has 1 aliphatic carbocycles. The highest BCUT2D eigenvalue weighted by atomic mass is 19.4. The summed E-state index contributed by atoms with van der Waals surface area (Å²) < 4.78 is 37.2. The van der Waals surface area contributed by atoms with Gasteiger partial charge in [-0.2, -0.15) is 13.2 Å². The molecule has 5 heteroatoms. The van der Waals surface area contributed by atoms with Gasteiger partial charge in [0, 0.05) is 6.42 Å². The second kappa shape index (κ2) is 4.39. The van der Waals surface area contributed by atoms with Gasteiger partial charge < -0.3 is 5.11 Å². The molecule has 0 aliphatic heterocycles. The van der Waals surface area contributed by atoms with Gasteiger partial charge in [0.1, 0.15) is 5.60 Å². The van der Waals surface area contributed by atoms with Crippen LogP contribution in [0.25, 0.3) is 0 Å². The first-order valence-corrected chi connectivity index (χ1v) is 5.77.